The molecule has 0 aliphatic heterocycles. The second-order valence-electron chi connectivity index (χ2n) is 4.05. The molecule has 1 unspecified atom stereocenters. The summed E-state index contributed by atoms with van der Waals surface area (Å²) >= 11 is 0. The third kappa shape index (κ3) is 9.63. The first-order chi connectivity index (χ1) is 8.10. The lowest BCUT2D eigenvalue weighted by Crippen LogP contribution is -2.45. The van der Waals surface area contributed by atoms with Crippen molar-refractivity contribution >= 4 is 6.09 Å². The first-order valence-corrected chi connectivity index (χ1v) is 6.02. The molecule has 0 aliphatic carbocycles. The van der Waals surface area contributed by atoms with Crippen LogP contribution in [0.2, 0.25) is 0 Å². The van der Waals surface area contributed by atoms with Crippen LogP contribution in [0.25, 0.3) is 0 Å². The van der Waals surface area contributed by atoms with Crippen molar-refractivity contribution in [3.05, 3.63) is 24.8 Å². The van der Waals surface area contributed by atoms with Crippen molar-refractivity contribution in [3.63, 3.8) is 0 Å². The number of hydrogen-bond donors (Lipinski definition) is 2. The van der Waals surface area contributed by atoms with Gasteiger partial charge in [-0.05, 0) is 19.8 Å². The number of carbonyl (C=O) groups excluding carboxylic acids is 1. The molecule has 0 spiro atoms. The van der Waals surface area contributed by atoms with Crippen LogP contribution in [-0.2, 0) is 4.74 Å². The minimum Gasteiger partial charge on any atom is -0.450 e. The van der Waals surface area contributed by atoms with Crippen molar-refractivity contribution < 1.29 is 9.53 Å². The molecule has 0 rings (SSSR count). The fourth-order valence-corrected chi connectivity index (χ4v) is 1.15. The molecular formula is C13H24N2O2. The molecule has 0 saturated heterocycles. The Bertz CT molecular complexity index is 252. The van der Waals surface area contributed by atoms with Crippen LogP contribution in [0, 0.1) is 0 Å². The maximum atomic E-state index is 11.4. The Labute approximate surface area is 104 Å². The van der Waals surface area contributed by atoms with Gasteiger partial charge in [0.1, 0.15) is 0 Å². The largest absolute Gasteiger partial charge is 0.450 e. The van der Waals surface area contributed by atoms with Crippen LogP contribution in [0.4, 0.5) is 4.79 Å². The zero-order chi connectivity index (χ0) is 13.1. The molecule has 0 fully saturated rings. The molecule has 0 saturated carbocycles. The van der Waals surface area contributed by atoms with E-state index >= 15 is 0 Å². The van der Waals surface area contributed by atoms with E-state index in [1.54, 1.807) is 6.08 Å². The highest BCUT2D eigenvalue weighted by atomic mass is 16.5. The Morgan fingerprint density at radius 2 is 2.24 bits per heavy atom. The van der Waals surface area contributed by atoms with Crippen LogP contribution in [0.1, 0.15) is 33.1 Å². The lowest BCUT2D eigenvalue weighted by Gasteiger charge is -2.18. The molecule has 4 nitrogen and oxygen atoms in total. The standard InChI is InChI=1S/C13H24N2O2/c1-5-7-9-17-13(16)15-12(8-6-2)14-10-11(3)4/h6,12,14H,2-3,5,7-10H2,1,4H3,(H,15,16). The predicted molar refractivity (Wildman–Crippen MR) is 70.8 cm³/mol. The van der Waals surface area contributed by atoms with Crippen molar-refractivity contribution in [3.8, 4) is 0 Å². The van der Waals surface area contributed by atoms with E-state index in [2.05, 4.69) is 30.7 Å². The van der Waals surface area contributed by atoms with Gasteiger partial charge in [0, 0.05) is 6.54 Å². The van der Waals surface area contributed by atoms with E-state index in [-0.39, 0.29) is 12.3 Å². The Hall–Kier alpha value is -1.29. The summed E-state index contributed by atoms with van der Waals surface area (Å²) in [4.78, 5) is 11.4. The summed E-state index contributed by atoms with van der Waals surface area (Å²) in [5, 5.41) is 5.91. The van der Waals surface area contributed by atoms with E-state index in [4.69, 9.17) is 4.74 Å². The zero-order valence-corrected chi connectivity index (χ0v) is 10.9. The number of hydrogen-bond acceptors (Lipinski definition) is 3. The average molecular weight is 240 g/mol. The normalized spacial score (nSPS) is 11.6. The number of carbonyl (C=O) groups is 1. The van der Waals surface area contributed by atoms with E-state index in [1.165, 1.54) is 0 Å². The Morgan fingerprint density at radius 3 is 2.76 bits per heavy atom. The number of amides is 1. The summed E-state index contributed by atoms with van der Waals surface area (Å²) in [5.41, 5.74) is 1.01. The van der Waals surface area contributed by atoms with Gasteiger partial charge in [-0.2, -0.15) is 0 Å². The Kier molecular flexibility index (Phi) is 9.15. The quantitative estimate of drug-likeness (QED) is 0.370. The summed E-state index contributed by atoms with van der Waals surface area (Å²) in [6.45, 7) is 12.6. The van der Waals surface area contributed by atoms with Gasteiger partial charge in [0.2, 0.25) is 0 Å². The Balaban J connectivity index is 3.92. The topological polar surface area (TPSA) is 50.4 Å². The molecule has 1 amide bonds. The summed E-state index contributed by atoms with van der Waals surface area (Å²) in [6, 6.07) is 0. The first-order valence-electron chi connectivity index (χ1n) is 6.02. The SMILES string of the molecule is C=CCC(NCC(=C)C)NC(=O)OCCCC. The van der Waals surface area contributed by atoms with Crippen molar-refractivity contribution in [2.24, 2.45) is 0 Å². The molecule has 98 valence electrons. The second kappa shape index (κ2) is 9.90. The van der Waals surface area contributed by atoms with Crippen molar-refractivity contribution in [2.45, 2.75) is 39.3 Å². The van der Waals surface area contributed by atoms with E-state index in [1.807, 2.05) is 6.92 Å². The van der Waals surface area contributed by atoms with Crippen LogP contribution >= 0.6 is 0 Å². The first kappa shape index (κ1) is 15.7. The summed E-state index contributed by atoms with van der Waals surface area (Å²) in [7, 11) is 0. The summed E-state index contributed by atoms with van der Waals surface area (Å²) in [6.07, 6.45) is 3.76. The number of rotatable bonds is 9. The van der Waals surface area contributed by atoms with Crippen LogP contribution in [0.15, 0.2) is 24.8 Å². The van der Waals surface area contributed by atoms with Gasteiger partial charge in [-0.15, -0.1) is 6.58 Å². The summed E-state index contributed by atoms with van der Waals surface area (Å²) < 4.78 is 5.02. The van der Waals surface area contributed by atoms with Gasteiger partial charge in [0.15, 0.2) is 0 Å². The smallest absolute Gasteiger partial charge is 0.408 e. The number of nitrogens with one attached hydrogen (secondary N) is 2. The summed E-state index contributed by atoms with van der Waals surface area (Å²) in [5.74, 6) is 0. The number of ether oxygens (including phenoxy) is 1. The molecule has 4 heteroatoms. The third-order valence-corrected chi connectivity index (χ3v) is 2.08. The van der Waals surface area contributed by atoms with Crippen molar-refractivity contribution in [1.29, 1.82) is 0 Å². The van der Waals surface area contributed by atoms with Crippen molar-refractivity contribution in [1.82, 2.24) is 10.6 Å². The van der Waals surface area contributed by atoms with Crippen LogP contribution < -0.4 is 10.6 Å². The monoisotopic (exact) mass is 240 g/mol. The van der Waals surface area contributed by atoms with E-state index < -0.39 is 0 Å². The lowest BCUT2D eigenvalue weighted by atomic mass is 10.3. The molecule has 0 aromatic heterocycles. The number of alkyl carbamates (subject to hydrolysis) is 1. The molecular weight excluding hydrogens is 216 g/mol. The second-order valence-corrected chi connectivity index (χ2v) is 4.05. The highest BCUT2D eigenvalue weighted by Gasteiger charge is 2.10. The third-order valence-electron chi connectivity index (χ3n) is 2.08. The molecule has 0 heterocycles. The van der Waals surface area contributed by atoms with Gasteiger partial charge < -0.3 is 10.1 Å². The lowest BCUT2D eigenvalue weighted by molar-refractivity contribution is 0.139. The molecule has 0 bridgehead atoms. The maximum Gasteiger partial charge on any atom is 0.408 e. The van der Waals surface area contributed by atoms with Gasteiger partial charge in [0.25, 0.3) is 0 Å². The molecule has 0 aromatic carbocycles. The van der Waals surface area contributed by atoms with E-state index in [9.17, 15) is 4.79 Å². The molecule has 0 radical (unpaired) electrons. The van der Waals surface area contributed by atoms with Crippen LogP contribution in [0.5, 0.6) is 0 Å². The minimum absolute atomic E-state index is 0.154. The molecule has 0 aliphatic rings. The van der Waals surface area contributed by atoms with Crippen LogP contribution in [-0.4, -0.2) is 25.4 Å². The highest BCUT2D eigenvalue weighted by Crippen LogP contribution is 1.94. The Morgan fingerprint density at radius 1 is 1.53 bits per heavy atom. The highest BCUT2D eigenvalue weighted by molar-refractivity contribution is 5.67. The van der Waals surface area contributed by atoms with Gasteiger partial charge in [-0.3, -0.25) is 5.32 Å². The molecule has 17 heavy (non-hydrogen) atoms. The maximum absolute atomic E-state index is 11.4. The van der Waals surface area contributed by atoms with Crippen LogP contribution in [0.3, 0.4) is 0 Å². The molecule has 1 atom stereocenters. The van der Waals surface area contributed by atoms with Gasteiger partial charge in [0.05, 0.1) is 12.8 Å². The van der Waals surface area contributed by atoms with Gasteiger partial charge >= 0.3 is 6.09 Å². The van der Waals surface area contributed by atoms with E-state index in [0.29, 0.717) is 19.6 Å². The fraction of sp³-hybridized carbons (Fsp3) is 0.615. The average Bonchev–Trinajstić information content (AvgIpc) is 2.26. The molecule has 2 N–H and O–H groups in total. The minimum atomic E-state index is -0.389. The fourth-order valence-electron chi connectivity index (χ4n) is 1.15. The van der Waals surface area contributed by atoms with Crippen molar-refractivity contribution in [2.75, 3.05) is 13.2 Å². The van der Waals surface area contributed by atoms with Gasteiger partial charge in [-0.1, -0.05) is 31.6 Å². The zero-order valence-electron chi connectivity index (χ0n) is 10.9. The van der Waals surface area contributed by atoms with Gasteiger partial charge in [-0.25, -0.2) is 4.79 Å². The van der Waals surface area contributed by atoms with E-state index in [0.717, 1.165) is 18.4 Å². The molecule has 0 aromatic rings. The predicted octanol–water partition coefficient (Wildman–Crippen LogP) is 2.58. The number of unbranched alkanes of at least 4 members (excludes halogenated alkanes) is 1.